The summed E-state index contributed by atoms with van der Waals surface area (Å²) >= 11 is 0. The Hall–Kier alpha value is -1.13. The van der Waals surface area contributed by atoms with Crippen LogP contribution >= 0.6 is 0 Å². The van der Waals surface area contributed by atoms with Gasteiger partial charge in [0.2, 0.25) is 0 Å². The zero-order valence-electron chi connectivity index (χ0n) is 9.65. The van der Waals surface area contributed by atoms with Crippen molar-refractivity contribution in [2.24, 2.45) is 5.92 Å². The Bertz CT molecular complexity index is 403. The van der Waals surface area contributed by atoms with E-state index in [0.717, 1.165) is 16.9 Å². The summed E-state index contributed by atoms with van der Waals surface area (Å²) in [6, 6.07) is 0. The van der Waals surface area contributed by atoms with Gasteiger partial charge in [-0.3, -0.25) is 4.79 Å². The molecule has 0 aromatic carbocycles. The molecule has 0 spiro atoms. The highest BCUT2D eigenvalue weighted by Crippen LogP contribution is 2.38. The minimum absolute atomic E-state index is 0.305. The minimum Gasteiger partial charge on any atom is -0.497 e. The number of aliphatic hydroxyl groups excluding tert-OH is 1. The van der Waals surface area contributed by atoms with E-state index in [1.54, 1.807) is 0 Å². The van der Waals surface area contributed by atoms with Crippen LogP contribution in [-0.2, 0) is 9.53 Å². The first kappa shape index (κ1) is 11.4. The number of hydrogen-bond donors (Lipinski definition) is 2. The molecule has 4 heteroatoms. The minimum atomic E-state index is -1.71. The second-order valence-corrected chi connectivity index (χ2v) is 4.65. The van der Waals surface area contributed by atoms with E-state index < -0.39 is 17.5 Å². The van der Waals surface area contributed by atoms with Crippen LogP contribution in [0, 0.1) is 5.92 Å². The quantitative estimate of drug-likeness (QED) is 0.630. The topological polar surface area (TPSA) is 66.8 Å². The van der Waals surface area contributed by atoms with Crippen molar-refractivity contribution < 1.29 is 19.7 Å². The number of allylic oxidation sites excluding steroid dienone is 2. The lowest BCUT2D eigenvalue weighted by Crippen LogP contribution is -2.54. The van der Waals surface area contributed by atoms with Gasteiger partial charge in [-0.2, -0.15) is 0 Å². The van der Waals surface area contributed by atoms with Crippen LogP contribution < -0.4 is 0 Å². The summed E-state index contributed by atoms with van der Waals surface area (Å²) < 4.78 is 5.41. The fourth-order valence-corrected chi connectivity index (χ4v) is 2.20. The molecule has 0 unspecified atom stereocenters. The maximum Gasteiger partial charge on any atom is 0.189 e. The molecule has 0 radical (unpaired) electrons. The molecule has 4 nitrogen and oxygen atoms in total. The molecule has 0 bridgehead atoms. The van der Waals surface area contributed by atoms with Gasteiger partial charge in [0, 0.05) is 5.92 Å². The molecule has 0 saturated heterocycles. The SMILES string of the molecule is CC1=C(C)C2=CC(=O)[C@@](C)(O)[C@@H](O)[C@H]2CO1. The van der Waals surface area contributed by atoms with Gasteiger partial charge in [0.05, 0.1) is 18.5 Å². The molecule has 2 rings (SSSR count). The second kappa shape index (κ2) is 3.43. The van der Waals surface area contributed by atoms with Crippen molar-refractivity contribution in [3.05, 3.63) is 23.0 Å². The third-order valence-corrected chi connectivity index (χ3v) is 3.58. The van der Waals surface area contributed by atoms with Crippen LogP contribution in [0.3, 0.4) is 0 Å². The lowest BCUT2D eigenvalue weighted by Gasteiger charge is -2.40. The van der Waals surface area contributed by atoms with E-state index in [0.29, 0.717) is 6.61 Å². The van der Waals surface area contributed by atoms with Gasteiger partial charge in [-0.1, -0.05) is 0 Å². The van der Waals surface area contributed by atoms with Crippen molar-refractivity contribution >= 4 is 5.78 Å². The highest BCUT2D eigenvalue weighted by molar-refractivity contribution is 5.99. The number of carbonyl (C=O) groups is 1. The molecule has 0 saturated carbocycles. The summed E-state index contributed by atoms with van der Waals surface area (Å²) in [6.07, 6.45) is 0.321. The Morgan fingerprint density at radius 2 is 2.12 bits per heavy atom. The third kappa shape index (κ3) is 1.41. The highest BCUT2D eigenvalue weighted by atomic mass is 16.5. The van der Waals surface area contributed by atoms with E-state index in [-0.39, 0.29) is 5.92 Å². The van der Waals surface area contributed by atoms with Crippen LogP contribution in [0.2, 0.25) is 0 Å². The van der Waals surface area contributed by atoms with Gasteiger partial charge >= 0.3 is 0 Å². The van der Waals surface area contributed by atoms with Crippen LogP contribution in [0.25, 0.3) is 0 Å². The van der Waals surface area contributed by atoms with Gasteiger partial charge in [-0.25, -0.2) is 0 Å². The Kier molecular flexibility index (Phi) is 2.44. The summed E-state index contributed by atoms with van der Waals surface area (Å²) in [7, 11) is 0. The third-order valence-electron chi connectivity index (χ3n) is 3.58. The number of aliphatic hydroxyl groups is 2. The average Bonchev–Trinajstić information content (AvgIpc) is 2.22. The maximum absolute atomic E-state index is 11.7. The molecule has 2 aliphatic rings. The van der Waals surface area contributed by atoms with Gasteiger partial charge in [0.1, 0.15) is 0 Å². The van der Waals surface area contributed by atoms with E-state index in [1.165, 1.54) is 13.0 Å². The monoisotopic (exact) mass is 224 g/mol. The van der Waals surface area contributed by atoms with Crippen LogP contribution in [-0.4, -0.2) is 34.3 Å². The number of ketones is 1. The fourth-order valence-electron chi connectivity index (χ4n) is 2.20. The van der Waals surface area contributed by atoms with Crippen molar-refractivity contribution in [3.8, 4) is 0 Å². The lowest BCUT2D eigenvalue weighted by molar-refractivity contribution is -0.150. The van der Waals surface area contributed by atoms with E-state index >= 15 is 0 Å². The first-order valence-electron chi connectivity index (χ1n) is 5.33. The van der Waals surface area contributed by atoms with E-state index in [2.05, 4.69) is 0 Å². The molecule has 0 aromatic heterocycles. The zero-order chi connectivity index (χ0) is 12.1. The summed E-state index contributed by atoms with van der Waals surface area (Å²) in [4.78, 5) is 11.7. The summed E-state index contributed by atoms with van der Waals surface area (Å²) in [5, 5.41) is 19.9. The molecule has 2 N–H and O–H groups in total. The Labute approximate surface area is 94.2 Å². The summed E-state index contributed by atoms with van der Waals surface area (Å²) in [5.74, 6) is 0.000688. The number of ether oxygens (including phenoxy) is 1. The predicted octanol–water partition coefficient (Wildman–Crippen LogP) is 0.548. The molecular weight excluding hydrogens is 208 g/mol. The van der Waals surface area contributed by atoms with Crippen molar-refractivity contribution in [2.75, 3.05) is 6.61 Å². The van der Waals surface area contributed by atoms with E-state index in [1.807, 2.05) is 13.8 Å². The zero-order valence-corrected chi connectivity index (χ0v) is 9.65. The Balaban J connectivity index is 2.51. The van der Waals surface area contributed by atoms with E-state index in [9.17, 15) is 15.0 Å². The van der Waals surface area contributed by atoms with Crippen molar-refractivity contribution in [1.82, 2.24) is 0 Å². The average molecular weight is 224 g/mol. The first-order valence-corrected chi connectivity index (χ1v) is 5.33. The van der Waals surface area contributed by atoms with Gasteiger partial charge in [0.15, 0.2) is 11.4 Å². The number of hydrogen-bond acceptors (Lipinski definition) is 4. The van der Waals surface area contributed by atoms with Crippen LogP contribution in [0.5, 0.6) is 0 Å². The van der Waals surface area contributed by atoms with Crippen molar-refractivity contribution in [2.45, 2.75) is 32.5 Å². The Morgan fingerprint density at radius 1 is 1.50 bits per heavy atom. The molecule has 0 amide bonds. The maximum atomic E-state index is 11.7. The van der Waals surface area contributed by atoms with Crippen LogP contribution in [0.15, 0.2) is 23.0 Å². The van der Waals surface area contributed by atoms with E-state index in [4.69, 9.17) is 4.74 Å². The smallest absolute Gasteiger partial charge is 0.189 e. The Morgan fingerprint density at radius 3 is 2.75 bits per heavy atom. The van der Waals surface area contributed by atoms with Crippen LogP contribution in [0.1, 0.15) is 20.8 Å². The highest BCUT2D eigenvalue weighted by Gasteiger charge is 2.48. The summed E-state index contributed by atoms with van der Waals surface area (Å²) in [6.45, 7) is 5.33. The fraction of sp³-hybridized carbons (Fsp3) is 0.583. The van der Waals surface area contributed by atoms with Gasteiger partial charge in [0.25, 0.3) is 0 Å². The largest absolute Gasteiger partial charge is 0.497 e. The number of fused-ring (bicyclic) bond motifs is 1. The van der Waals surface area contributed by atoms with Gasteiger partial charge in [-0.15, -0.1) is 0 Å². The molecule has 0 fully saturated rings. The molecule has 1 aliphatic heterocycles. The lowest BCUT2D eigenvalue weighted by atomic mass is 9.73. The molecule has 3 atom stereocenters. The van der Waals surface area contributed by atoms with Crippen molar-refractivity contribution in [3.63, 3.8) is 0 Å². The van der Waals surface area contributed by atoms with Gasteiger partial charge < -0.3 is 14.9 Å². The molecule has 16 heavy (non-hydrogen) atoms. The number of carbonyl (C=O) groups excluding carboxylic acids is 1. The molecule has 88 valence electrons. The molecular formula is C12H16O4. The van der Waals surface area contributed by atoms with Crippen LogP contribution in [0.4, 0.5) is 0 Å². The summed E-state index contributed by atoms with van der Waals surface area (Å²) in [5.41, 5.74) is -0.0461. The molecule has 1 aliphatic carbocycles. The standard InChI is InChI=1S/C12H16O4/c1-6-7(2)16-5-9-8(6)4-10(13)12(3,15)11(9)14/h4,9,11,14-15H,5H2,1-3H3/t9-,11-,12+/m0/s1. The molecule has 0 aromatic rings. The first-order chi connectivity index (χ1) is 7.35. The van der Waals surface area contributed by atoms with Gasteiger partial charge in [-0.05, 0) is 38.0 Å². The molecule has 1 heterocycles. The number of rotatable bonds is 0. The second-order valence-electron chi connectivity index (χ2n) is 4.65. The predicted molar refractivity (Wildman–Crippen MR) is 57.5 cm³/mol. The normalized spacial score (nSPS) is 39.1. The van der Waals surface area contributed by atoms with Crippen molar-refractivity contribution in [1.29, 1.82) is 0 Å².